The third kappa shape index (κ3) is 3.34. The maximum absolute atomic E-state index is 11.7. The Morgan fingerprint density at radius 3 is 2.73 bits per heavy atom. The minimum atomic E-state index is -3.35. The Labute approximate surface area is 95.9 Å². The van der Waals surface area contributed by atoms with Crippen LogP contribution in [0.2, 0.25) is 0 Å². The van der Waals surface area contributed by atoms with E-state index in [1.165, 1.54) is 6.92 Å². The van der Waals surface area contributed by atoms with E-state index in [-0.39, 0.29) is 12.6 Å². The molecule has 15 heavy (non-hydrogen) atoms. The van der Waals surface area contributed by atoms with Crippen molar-refractivity contribution in [1.29, 1.82) is 0 Å². The van der Waals surface area contributed by atoms with E-state index in [9.17, 15) is 8.42 Å². The average molecular weight is 253 g/mol. The molecule has 90 valence electrons. The van der Waals surface area contributed by atoms with Gasteiger partial charge in [-0.3, -0.25) is 0 Å². The van der Waals surface area contributed by atoms with Crippen molar-refractivity contribution in [2.24, 2.45) is 0 Å². The number of sulfonamides is 1. The second-order valence-corrected chi connectivity index (χ2v) is 7.17. The second-order valence-electron chi connectivity index (χ2n) is 3.97. The molecule has 1 fully saturated rings. The molecule has 1 rings (SSSR count). The van der Waals surface area contributed by atoms with Gasteiger partial charge in [0.25, 0.3) is 0 Å². The Morgan fingerprint density at radius 1 is 1.53 bits per heavy atom. The van der Waals surface area contributed by atoms with Crippen LogP contribution in [0.1, 0.15) is 26.2 Å². The van der Waals surface area contributed by atoms with Gasteiger partial charge < -0.3 is 5.11 Å². The van der Waals surface area contributed by atoms with Gasteiger partial charge in [0.2, 0.25) is 10.0 Å². The van der Waals surface area contributed by atoms with E-state index >= 15 is 0 Å². The van der Waals surface area contributed by atoms with Gasteiger partial charge in [0.1, 0.15) is 0 Å². The van der Waals surface area contributed by atoms with Crippen molar-refractivity contribution in [3.8, 4) is 0 Å². The van der Waals surface area contributed by atoms with Crippen molar-refractivity contribution in [3.63, 3.8) is 0 Å². The molecule has 0 aromatic carbocycles. The predicted octanol–water partition coefficient (Wildman–Crippen LogP) is 0.571. The summed E-state index contributed by atoms with van der Waals surface area (Å²) in [7, 11) is -3.35. The summed E-state index contributed by atoms with van der Waals surface area (Å²) in [6.45, 7) is 1.19. The molecule has 0 amide bonds. The summed E-state index contributed by atoms with van der Waals surface area (Å²) < 4.78 is 26.1. The van der Waals surface area contributed by atoms with Crippen LogP contribution in [0, 0.1) is 0 Å². The van der Waals surface area contributed by atoms with Gasteiger partial charge in [0.15, 0.2) is 0 Å². The quantitative estimate of drug-likeness (QED) is 0.752. The maximum Gasteiger partial charge on any atom is 0.216 e. The Balaban J connectivity index is 2.61. The molecule has 0 aromatic rings. The lowest BCUT2D eigenvalue weighted by Crippen LogP contribution is -2.43. The normalized spacial score (nSPS) is 29.3. The van der Waals surface area contributed by atoms with E-state index in [0.29, 0.717) is 5.25 Å². The highest BCUT2D eigenvalue weighted by Crippen LogP contribution is 2.29. The third-order valence-corrected chi connectivity index (χ3v) is 5.87. The van der Waals surface area contributed by atoms with Gasteiger partial charge in [-0.25, -0.2) is 13.1 Å². The monoisotopic (exact) mass is 253 g/mol. The molecule has 0 spiro atoms. The van der Waals surface area contributed by atoms with Gasteiger partial charge in [0, 0.05) is 11.3 Å². The lowest BCUT2D eigenvalue weighted by Gasteiger charge is -2.21. The Morgan fingerprint density at radius 2 is 2.20 bits per heavy atom. The van der Waals surface area contributed by atoms with Gasteiger partial charge in [-0.2, -0.15) is 11.8 Å². The molecule has 0 aliphatic heterocycles. The molecule has 1 saturated carbocycles. The fourth-order valence-electron chi connectivity index (χ4n) is 1.77. The Hall–Kier alpha value is 0.220. The molecule has 4 nitrogen and oxygen atoms in total. The van der Waals surface area contributed by atoms with Crippen LogP contribution in [0.25, 0.3) is 0 Å². The van der Waals surface area contributed by atoms with Crippen LogP contribution in [0.4, 0.5) is 0 Å². The van der Waals surface area contributed by atoms with E-state index in [1.54, 1.807) is 11.8 Å². The lowest BCUT2D eigenvalue weighted by atomic mass is 10.3. The number of aliphatic hydroxyl groups is 1. The molecule has 0 aromatic heterocycles. The molecule has 0 radical (unpaired) electrons. The molecule has 3 atom stereocenters. The third-order valence-electron chi connectivity index (χ3n) is 2.86. The molecular formula is C9H19NO3S2. The molecule has 1 aliphatic rings. The minimum Gasteiger partial charge on any atom is -0.395 e. The molecule has 0 saturated heterocycles. The molecule has 3 unspecified atom stereocenters. The average Bonchev–Trinajstić information content (AvgIpc) is 2.63. The molecule has 2 N–H and O–H groups in total. The smallest absolute Gasteiger partial charge is 0.216 e. The number of aliphatic hydroxyl groups excluding tert-OH is 1. The van der Waals surface area contributed by atoms with Crippen LogP contribution in [0.5, 0.6) is 0 Å². The highest BCUT2D eigenvalue weighted by molar-refractivity contribution is 7.99. The highest BCUT2D eigenvalue weighted by Gasteiger charge is 2.31. The Kier molecular flexibility index (Phi) is 4.89. The van der Waals surface area contributed by atoms with Crippen LogP contribution in [-0.2, 0) is 10.0 Å². The van der Waals surface area contributed by atoms with Crippen LogP contribution in [0.15, 0.2) is 0 Å². The van der Waals surface area contributed by atoms with Gasteiger partial charge in [0.05, 0.1) is 11.9 Å². The standard InChI is InChI=1S/C9H19NO3S2/c1-7(6-11)15(12,13)10-8-4-3-5-9(8)14-2/h7-11H,3-6H2,1-2H3. The zero-order valence-corrected chi connectivity index (χ0v) is 10.8. The van der Waals surface area contributed by atoms with E-state index in [2.05, 4.69) is 4.72 Å². The lowest BCUT2D eigenvalue weighted by molar-refractivity contribution is 0.294. The maximum atomic E-state index is 11.7. The van der Waals surface area contributed by atoms with Gasteiger partial charge >= 0.3 is 0 Å². The van der Waals surface area contributed by atoms with Crippen LogP contribution < -0.4 is 4.72 Å². The number of nitrogens with one attached hydrogen (secondary N) is 1. The van der Waals surface area contributed by atoms with Gasteiger partial charge in [-0.15, -0.1) is 0 Å². The molecular weight excluding hydrogens is 234 g/mol. The first kappa shape index (κ1) is 13.3. The van der Waals surface area contributed by atoms with Crippen molar-refractivity contribution in [2.45, 2.75) is 42.7 Å². The van der Waals surface area contributed by atoms with Gasteiger partial charge in [-0.05, 0) is 26.0 Å². The zero-order valence-electron chi connectivity index (χ0n) is 9.14. The summed E-state index contributed by atoms with van der Waals surface area (Å²) in [6.07, 6.45) is 5.06. The summed E-state index contributed by atoms with van der Waals surface area (Å²) in [5, 5.41) is 8.50. The number of thioether (sulfide) groups is 1. The first-order valence-corrected chi connectivity index (χ1v) is 7.99. The van der Waals surface area contributed by atoms with Crippen molar-refractivity contribution in [2.75, 3.05) is 12.9 Å². The van der Waals surface area contributed by atoms with Crippen molar-refractivity contribution in [1.82, 2.24) is 4.72 Å². The fraction of sp³-hybridized carbons (Fsp3) is 1.00. The molecule has 0 heterocycles. The molecule has 0 bridgehead atoms. The van der Waals surface area contributed by atoms with Crippen LogP contribution >= 0.6 is 11.8 Å². The fourth-order valence-corrected chi connectivity index (χ4v) is 3.92. The van der Waals surface area contributed by atoms with Crippen molar-refractivity contribution in [3.05, 3.63) is 0 Å². The van der Waals surface area contributed by atoms with Gasteiger partial charge in [-0.1, -0.05) is 6.42 Å². The number of hydrogen-bond acceptors (Lipinski definition) is 4. The van der Waals surface area contributed by atoms with Crippen LogP contribution in [0.3, 0.4) is 0 Å². The number of rotatable bonds is 5. The topological polar surface area (TPSA) is 66.4 Å². The highest BCUT2D eigenvalue weighted by atomic mass is 32.2. The summed E-state index contributed by atoms with van der Waals surface area (Å²) >= 11 is 1.71. The van der Waals surface area contributed by atoms with E-state index in [1.807, 2.05) is 6.26 Å². The van der Waals surface area contributed by atoms with Crippen molar-refractivity contribution >= 4 is 21.8 Å². The summed E-state index contributed by atoms with van der Waals surface area (Å²) in [4.78, 5) is 0. The number of hydrogen-bond donors (Lipinski definition) is 2. The molecule has 1 aliphatic carbocycles. The van der Waals surface area contributed by atoms with E-state index < -0.39 is 15.3 Å². The SMILES string of the molecule is CSC1CCCC1NS(=O)(=O)C(C)CO. The summed E-state index contributed by atoms with van der Waals surface area (Å²) in [6, 6.07) is 0.0407. The largest absolute Gasteiger partial charge is 0.395 e. The van der Waals surface area contributed by atoms with Crippen LogP contribution in [-0.4, -0.2) is 42.9 Å². The second kappa shape index (κ2) is 5.52. The zero-order chi connectivity index (χ0) is 11.5. The van der Waals surface area contributed by atoms with E-state index in [4.69, 9.17) is 5.11 Å². The first-order chi connectivity index (χ1) is 7.01. The van der Waals surface area contributed by atoms with E-state index in [0.717, 1.165) is 19.3 Å². The molecule has 6 heteroatoms. The van der Waals surface area contributed by atoms with Crippen molar-refractivity contribution < 1.29 is 13.5 Å². The minimum absolute atomic E-state index is 0.0407. The Bertz CT molecular complexity index is 292. The summed E-state index contributed by atoms with van der Waals surface area (Å²) in [5.74, 6) is 0. The predicted molar refractivity (Wildman–Crippen MR) is 63.5 cm³/mol. The first-order valence-electron chi connectivity index (χ1n) is 5.16. The summed E-state index contributed by atoms with van der Waals surface area (Å²) in [5.41, 5.74) is 0.